The van der Waals surface area contributed by atoms with E-state index in [0.29, 0.717) is 6.04 Å². The average molecular weight is 196 g/mol. The maximum absolute atomic E-state index is 11.2. The van der Waals surface area contributed by atoms with Gasteiger partial charge in [0.2, 0.25) is 5.91 Å². The van der Waals surface area contributed by atoms with E-state index in [1.165, 1.54) is 25.7 Å². The van der Waals surface area contributed by atoms with Gasteiger partial charge >= 0.3 is 0 Å². The number of rotatable bonds is 3. The third-order valence-electron chi connectivity index (χ3n) is 3.90. The van der Waals surface area contributed by atoms with Crippen LogP contribution >= 0.6 is 0 Å². The first-order valence-corrected chi connectivity index (χ1v) is 5.56. The van der Waals surface area contributed by atoms with Gasteiger partial charge in [-0.2, -0.15) is 0 Å². The third kappa shape index (κ3) is 1.65. The maximum Gasteiger partial charge on any atom is 0.237 e. The van der Waals surface area contributed by atoms with E-state index in [1.807, 2.05) is 13.8 Å². The molecule has 2 saturated carbocycles. The summed E-state index contributed by atoms with van der Waals surface area (Å²) in [4.78, 5) is 11.2. The summed E-state index contributed by atoms with van der Waals surface area (Å²) < 4.78 is 0. The first-order valence-electron chi connectivity index (χ1n) is 5.56. The number of nitrogens with two attached hydrogens (primary N) is 1. The van der Waals surface area contributed by atoms with Gasteiger partial charge in [0.1, 0.15) is 0 Å². The molecule has 2 fully saturated rings. The second kappa shape index (κ2) is 3.23. The Morgan fingerprint density at radius 1 is 1.36 bits per heavy atom. The summed E-state index contributed by atoms with van der Waals surface area (Å²) in [6.07, 6.45) is 5.31. The molecule has 0 saturated heterocycles. The molecule has 2 aliphatic carbocycles. The van der Waals surface area contributed by atoms with Crippen molar-refractivity contribution in [3.05, 3.63) is 0 Å². The van der Waals surface area contributed by atoms with Gasteiger partial charge in [-0.1, -0.05) is 6.42 Å². The van der Waals surface area contributed by atoms with E-state index in [1.54, 1.807) is 0 Å². The Balaban J connectivity index is 1.95. The Kier molecular flexibility index (Phi) is 2.30. The number of amides is 1. The molecule has 0 aliphatic heterocycles. The zero-order valence-electron chi connectivity index (χ0n) is 9.05. The Morgan fingerprint density at radius 2 is 2.07 bits per heavy atom. The predicted octanol–water partition coefficient (Wildman–Crippen LogP) is 1.03. The van der Waals surface area contributed by atoms with E-state index < -0.39 is 5.54 Å². The van der Waals surface area contributed by atoms with Crippen LogP contribution in [-0.2, 0) is 4.79 Å². The van der Waals surface area contributed by atoms with E-state index >= 15 is 0 Å². The zero-order chi connectivity index (χ0) is 10.3. The molecule has 0 radical (unpaired) electrons. The highest BCUT2D eigenvalue weighted by Crippen LogP contribution is 2.44. The van der Waals surface area contributed by atoms with E-state index in [4.69, 9.17) is 5.73 Å². The van der Waals surface area contributed by atoms with Gasteiger partial charge in [0, 0.05) is 6.04 Å². The Bertz CT molecular complexity index is 250. The molecule has 3 nitrogen and oxygen atoms in total. The summed E-state index contributed by atoms with van der Waals surface area (Å²) >= 11 is 0. The van der Waals surface area contributed by atoms with Crippen LogP contribution < -0.4 is 11.1 Å². The molecule has 80 valence electrons. The summed E-state index contributed by atoms with van der Waals surface area (Å²) in [5.74, 6) is 1.44. The largest absolute Gasteiger partial charge is 0.368 e. The predicted molar refractivity (Wildman–Crippen MR) is 55.6 cm³/mol. The van der Waals surface area contributed by atoms with Crippen LogP contribution in [0.25, 0.3) is 0 Å². The maximum atomic E-state index is 11.2. The number of fused-ring (bicyclic) bond motifs is 2. The highest BCUT2D eigenvalue weighted by molar-refractivity contribution is 5.83. The molecule has 0 aromatic carbocycles. The van der Waals surface area contributed by atoms with Crippen molar-refractivity contribution in [2.24, 2.45) is 17.6 Å². The van der Waals surface area contributed by atoms with Gasteiger partial charge in [-0.25, -0.2) is 0 Å². The van der Waals surface area contributed by atoms with E-state index in [0.717, 1.165) is 11.8 Å². The normalized spacial score (nSPS) is 36.3. The smallest absolute Gasteiger partial charge is 0.237 e. The van der Waals surface area contributed by atoms with Crippen molar-refractivity contribution in [1.82, 2.24) is 5.32 Å². The highest BCUT2D eigenvalue weighted by Gasteiger charge is 2.42. The van der Waals surface area contributed by atoms with Gasteiger partial charge in [0.15, 0.2) is 0 Å². The highest BCUT2D eigenvalue weighted by atomic mass is 16.1. The lowest BCUT2D eigenvalue weighted by Gasteiger charge is -2.31. The molecule has 0 heterocycles. The van der Waals surface area contributed by atoms with Gasteiger partial charge in [-0.3, -0.25) is 4.79 Å². The molecule has 2 aliphatic rings. The second-order valence-corrected chi connectivity index (χ2v) is 5.41. The van der Waals surface area contributed by atoms with Crippen LogP contribution in [-0.4, -0.2) is 17.5 Å². The number of carbonyl (C=O) groups is 1. The molecule has 3 atom stereocenters. The van der Waals surface area contributed by atoms with Crippen molar-refractivity contribution in [3.63, 3.8) is 0 Å². The fourth-order valence-electron chi connectivity index (χ4n) is 2.96. The van der Waals surface area contributed by atoms with Gasteiger partial charge in [-0.15, -0.1) is 0 Å². The molecule has 3 heteroatoms. The molecule has 0 spiro atoms. The Labute approximate surface area is 85.4 Å². The monoisotopic (exact) mass is 196 g/mol. The summed E-state index contributed by atoms with van der Waals surface area (Å²) in [5.41, 5.74) is 4.80. The van der Waals surface area contributed by atoms with Crippen LogP contribution in [0.4, 0.5) is 0 Å². The van der Waals surface area contributed by atoms with Crippen LogP contribution in [0.15, 0.2) is 0 Å². The van der Waals surface area contributed by atoms with Crippen molar-refractivity contribution >= 4 is 5.91 Å². The molecular formula is C11H20N2O. The fourth-order valence-corrected chi connectivity index (χ4v) is 2.96. The van der Waals surface area contributed by atoms with Crippen molar-refractivity contribution in [1.29, 1.82) is 0 Å². The van der Waals surface area contributed by atoms with E-state index in [-0.39, 0.29) is 5.91 Å². The summed E-state index contributed by atoms with van der Waals surface area (Å²) in [5, 5.41) is 3.41. The summed E-state index contributed by atoms with van der Waals surface area (Å²) in [6.45, 7) is 3.75. The summed E-state index contributed by atoms with van der Waals surface area (Å²) in [6, 6.07) is 0.524. The minimum absolute atomic E-state index is 0.250. The topological polar surface area (TPSA) is 55.1 Å². The van der Waals surface area contributed by atoms with Crippen molar-refractivity contribution < 1.29 is 4.79 Å². The van der Waals surface area contributed by atoms with Crippen molar-refractivity contribution in [2.75, 3.05) is 0 Å². The van der Waals surface area contributed by atoms with Crippen LogP contribution in [0.1, 0.15) is 39.5 Å². The number of carbonyl (C=O) groups excluding carboxylic acids is 1. The van der Waals surface area contributed by atoms with Gasteiger partial charge in [-0.05, 0) is 44.9 Å². The molecule has 3 unspecified atom stereocenters. The zero-order valence-corrected chi connectivity index (χ0v) is 9.05. The lowest BCUT2D eigenvalue weighted by molar-refractivity contribution is -0.123. The van der Waals surface area contributed by atoms with Crippen molar-refractivity contribution in [2.45, 2.75) is 51.1 Å². The van der Waals surface area contributed by atoms with Gasteiger partial charge in [0.05, 0.1) is 5.54 Å². The first-order chi connectivity index (χ1) is 6.49. The first kappa shape index (κ1) is 9.97. The molecule has 0 aromatic heterocycles. The lowest BCUT2D eigenvalue weighted by atomic mass is 9.92. The number of hydrogen-bond acceptors (Lipinski definition) is 2. The molecule has 2 bridgehead atoms. The van der Waals surface area contributed by atoms with Crippen LogP contribution in [0, 0.1) is 11.8 Å². The lowest BCUT2D eigenvalue weighted by Crippen LogP contribution is -2.55. The SMILES string of the molecule is CC(C)(NC1CC2CCC1C2)C(N)=O. The summed E-state index contributed by atoms with van der Waals surface area (Å²) in [7, 11) is 0. The van der Waals surface area contributed by atoms with Crippen LogP contribution in [0.5, 0.6) is 0 Å². The van der Waals surface area contributed by atoms with E-state index in [2.05, 4.69) is 5.32 Å². The molecule has 1 amide bonds. The van der Waals surface area contributed by atoms with E-state index in [9.17, 15) is 4.79 Å². The average Bonchev–Trinajstić information content (AvgIpc) is 2.63. The van der Waals surface area contributed by atoms with Crippen molar-refractivity contribution in [3.8, 4) is 0 Å². The minimum atomic E-state index is -0.546. The quantitative estimate of drug-likeness (QED) is 0.708. The fraction of sp³-hybridized carbons (Fsp3) is 0.909. The van der Waals surface area contributed by atoms with Gasteiger partial charge < -0.3 is 11.1 Å². The molecule has 0 aromatic rings. The van der Waals surface area contributed by atoms with Crippen LogP contribution in [0.2, 0.25) is 0 Å². The van der Waals surface area contributed by atoms with Gasteiger partial charge in [0.25, 0.3) is 0 Å². The molecular weight excluding hydrogens is 176 g/mol. The third-order valence-corrected chi connectivity index (χ3v) is 3.90. The number of hydrogen-bond donors (Lipinski definition) is 2. The van der Waals surface area contributed by atoms with Crippen LogP contribution in [0.3, 0.4) is 0 Å². The Hall–Kier alpha value is -0.570. The second-order valence-electron chi connectivity index (χ2n) is 5.41. The number of nitrogens with one attached hydrogen (secondary N) is 1. The molecule has 14 heavy (non-hydrogen) atoms. The Morgan fingerprint density at radius 3 is 2.50 bits per heavy atom. The number of primary amides is 1. The molecule has 3 N–H and O–H groups in total. The minimum Gasteiger partial charge on any atom is -0.368 e. The molecule has 2 rings (SSSR count). The standard InChI is InChI=1S/C11H20N2O/c1-11(2,10(12)14)13-9-6-7-3-4-8(9)5-7/h7-9,13H,3-6H2,1-2H3,(H2,12,14).